The molecule has 1 atom stereocenters. The molecule has 15 heavy (non-hydrogen) atoms. The summed E-state index contributed by atoms with van der Waals surface area (Å²) in [6, 6.07) is 6.78. The molecule has 1 nitrogen and oxygen atoms in total. The zero-order valence-corrected chi connectivity index (χ0v) is 10.3. The van der Waals surface area contributed by atoms with Crippen molar-refractivity contribution in [1.82, 2.24) is 0 Å². The third kappa shape index (κ3) is 1.98. The number of hydrogen-bond donors (Lipinski definition) is 0. The quantitative estimate of drug-likeness (QED) is 0.781. The van der Waals surface area contributed by atoms with Gasteiger partial charge in [-0.2, -0.15) is 0 Å². The van der Waals surface area contributed by atoms with Gasteiger partial charge in [-0.25, -0.2) is 0 Å². The summed E-state index contributed by atoms with van der Waals surface area (Å²) in [7, 11) is 0. The molecule has 1 aliphatic heterocycles. The van der Waals surface area contributed by atoms with Gasteiger partial charge in [0, 0.05) is 11.1 Å². The molecule has 3 rings (SSSR count). The molecule has 0 N–H and O–H groups in total. The van der Waals surface area contributed by atoms with E-state index >= 15 is 0 Å². The number of rotatable bonds is 2. The van der Waals surface area contributed by atoms with Gasteiger partial charge in [0.25, 0.3) is 0 Å². The Morgan fingerprint density at radius 3 is 2.73 bits per heavy atom. The molecule has 1 heterocycles. The maximum Gasteiger partial charge on any atom is 0.0836 e. The highest BCUT2D eigenvalue weighted by Gasteiger charge is 2.26. The van der Waals surface area contributed by atoms with Gasteiger partial charge < -0.3 is 4.74 Å². The molecule has 0 bridgehead atoms. The van der Waals surface area contributed by atoms with E-state index < -0.39 is 0 Å². The predicted molar refractivity (Wildman–Crippen MR) is 64.0 cm³/mol. The van der Waals surface area contributed by atoms with Crippen LogP contribution in [0.1, 0.15) is 48.8 Å². The van der Waals surface area contributed by atoms with Crippen LogP contribution in [0.25, 0.3) is 0 Å². The van der Waals surface area contributed by atoms with Crippen LogP contribution in [0.15, 0.2) is 22.7 Å². The molecular formula is C13H15BrO. The normalized spacial score (nSPS) is 25.8. The summed E-state index contributed by atoms with van der Waals surface area (Å²) in [5.41, 5.74) is 2.86. The smallest absolute Gasteiger partial charge is 0.0836 e. The Morgan fingerprint density at radius 1 is 1.20 bits per heavy atom. The van der Waals surface area contributed by atoms with Crippen LogP contribution in [0, 0.1) is 0 Å². The maximum absolute atomic E-state index is 5.74. The van der Waals surface area contributed by atoms with E-state index in [4.69, 9.17) is 4.74 Å². The Labute approximate surface area is 99.0 Å². The highest BCUT2D eigenvalue weighted by atomic mass is 79.9. The van der Waals surface area contributed by atoms with E-state index in [0.29, 0.717) is 6.10 Å². The summed E-state index contributed by atoms with van der Waals surface area (Å²) in [4.78, 5) is 0. The molecular weight excluding hydrogens is 252 g/mol. The van der Waals surface area contributed by atoms with Gasteiger partial charge in [-0.1, -0.05) is 28.1 Å². The molecule has 1 aromatic carbocycles. The number of ether oxygens (including phenoxy) is 1. The fourth-order valence-corrected chi connectivity index (χ4v) is 2.80. The minimum Gasteiger partial charge on any atom is -0.373 e. The molecule has 0 amide bonds. The zero-order chi connectivity index (χ0) is 10.3. The van der Waals surface area contributed by atoms with Crippen molar-refractivity contribution in [3.8, 4) is 0 Å². The predicted octanol–water partition coefficient (Wildman–Crippen LogP) is 4.18. The van der Waals surface area contributed by atoms with E-state index in [1.165, 1.54) is 41.3 Å². The highest BCUT2D eigenvalue weighted by Crippen LogP contribution is 2.43. The molecule has 0 spiro atoms. The van der Waals surface area contributed by atoms with Gasteiger partial charge in [0.1, 0.15) is 0 Å². The summed E-state index contributed by atoms with van der Waals surface area (Å²) >= 11 is 3.63. The van der Waals surface area contributed by atoms with Gasteiger partial charge in [0.05, 0.1) is 6.10 Å². The molecule has 1 aliphatic carbocycles. The molecule has 0 radical (unpaired) electrons. The highest BCUT2D eigenvalue weighted by molar-refractivity contribution is 9.10. The van der Waals surface area contributed by atoms with Crippen molar-refractivity contribution in [3.63, 3.8) is 0 Å². The van der Waals surface area contributed by atoms with Gasteiger partial charge in [-0.15, -0.1) is 0 Å². The average Bonchev–Trinajstić information content (AvgIpc) is 2.95. The SMILES string of the molecule is Brc1ccc(C2CC2)cc1C1CCCO1. The Balaban J connectivity index is 1.93. The van der Waals surface area contributed by atoms with Gasteiger partial charge in [-0.05, 0) is 48.8 Å². The average molecular weight is 267 g/mol. The van der Waals surface area contributed by atoms with Crippen molar-refractivity contribution < 1.29 is 4.74 Å². The van der Waals surface area contributed by atoms with E-state index in [-0.39, 0.29) is 0 Å². The monoisotopic (exact) mass is 266 g/mol. The summed E-state index contributed by atoms with van der Waals surface area (Å²) in [6.45, 7) is 0.921. The van der Waals surface area contributed by atoms with E-state index in [2.05, 4.69) is 34.1 Å². The molecule has 1 saturated carbocycles. The minimum atomic E-state index is 0.332. The topological polar surface area (TPSA) is 9.23 Å². The van der Waals surface area contributed by atoms with E-state index in [1.807, 2.05) is 0 Å². The van der Waals surface area contributed by atoms with Crippen LogP contribution in [0.5, 0.6) is 0 Å². The van der Waals surface area contributed by atoms with E-state index in [0.717, 1.165) is 12.5 Å². The van der Waals surface area contributed by atoms with E-state index in [1.54, 1.807) is 0 Å². The summed E-state index contributed by atoms with van der Waals surface area (Å²) < 4.78 is 6.95. The van der Waals surface area contributed by atoms with Crippen molar-refractivity contribution in [2.45, 2.75) is 37.7 Å². The Hall–Kier alpha value is -0.340. The summed E-state index contributed by atoms with van der Waals surface area (Å²) in [5.74, 6) is 0.832. The van der Waals surface area contributed by atoms with Crippen molar-refractivity contribution in [2.75, 3.05) is 6.61 Å². The minimum absolute atomic E-state index is 0.332. The molecule has 2 heteroatoms. The Kier molecular flexibility index (Phi) is 2.57. The van der Waals surface area contributed by atoms with Crippen molar-refractivity contribution >= 4 is 15.9 Å². The van der Waals surface area contributed by atoms with Gasteiger partial charge in [0.15, 0.2) is 0 Å². The Morgan fingerprint density at radius 2 is 2.07 bits per heavy atom. The lowest BCUT2D eigenvalue weighted by Gasteiger charge is -2.13. The molecule has 80 valence electrons. The van der Waals surface area contributed by atoms with Crippen molar-refractivity contribution in [3.05, 3.63) is 33.8 Å². The van der Waals surface area contributed by atoms with Crippen LogP contribution >= 0.6 is 15.9 Å². The fraction of sp³-hybridized carbons (Fsp3) is 0.538. The molecule has 2 aliphatic rings. The third-order valence-corrected chi connectivity index (χ3v) is 4.07. The van der Waals surface area contributed by atoms with E-state index in [9.17, 15) is 0 Å². The van der Waals surface area contributed by atoms with Crippen LogP contribution in [0.3, 0.4) is 0 Å². The Bertz CT molecular complexity index is 365. The first-order chi connectivity index (χ1) is 7.34. The molecule has 1 unspecified atom stereocenters. The fourth-order valence-electron chi connectivity index (χ4n) is 2.30. The standard InChI is InChI=1S/C13H15BrO/c14-12-6-5-10(9-3-4-9)8-11(12)13-2-1-7-15-13/h5-6,8-9,13H,1-4,7H2. The van der Waals surface area contributed by atoms with Crippen LogP contribution in [-0.4, -0.2) is 6.61 Å². The number of halogens is 1. The first-order valence-corrected chi connectivity index (χ1v) is 6.55. The van der Waals surface area contributed by atoms with Gasteiger partial charge in [0.2, 0.25) is 0 Å². The first-order valence-electron chi connectivity index (χ1n) is 5.75. The van der Waals surface area contributed by atoms with Crippen LogP contribution in [0.2, 0.25) is 0 Å². The first kappa shape index (κ1) is 9.86. The van der Waals surface area contributed by atoms with Crippen LogP contribution < -0.4 is 0 Å². The lowest BCUT2D eigenvalue weighted by Crippen LogP contribution is -1.98. The molecule has 0 aromatic heterocycles. The second kappa shape index (κ2) is 3.91. The number of hydrogen-bond acceptors (Lipinski definition) is 1. The van der Waals surface area contributed by atoms with Gasteiger partial charge in [-0.3, -0.25) is 0 Å². The molecule has 1 saturated heterocycles. The third-order valence-electron chi connectivity index (χ3n) is 3.35. The van der Waals surface area contributed by atoms with Crippen molar-refractivity contribution in [2.24, 2.45) is 0 Å². The molecule has 2 fully saturated rings. The maximum atomic E-state index is 5.74. The molecule has 1 aromatic rings. The van der Waals surface area contributed by atoms with Crippen LogP contribution in [0.4, 0.5) is 0 Å². The number of benzene rings is 1. The van der Waals surface area contributed by atoms with Crippen molar-refractivity contribution in [1.29, 1.82) is 0 Å². The lowest BCUT2D eigenvalue weighted by atomic mass is 10.0. The second-order valence-electron chi connectivity index (χ2n) is 4.56. The largest absolute Gasteiger partial charge is 0.373 e. The lowest BCUT2D eigenvalue weighted by molar-refractivity contribution is 0.111. The zero-order valence-electron chi connectivity index (χ0n) is 8.71. The van der Waals surface area contributed by atoms with Crippen LogP contribution in [-0.2, 0) is 4.74 Å². The second-order valence-corrected chi connectivity index (χ2v) is 5.41. The van der Waals surface area contributed by atoms with Gasteiger partial charge >= 0.3 is 0 Å². The summed E-state index contributed by atoms with van der Waals surface area (Å²) in [6.07, 6.45) is 5.44. The summed E-state index contributed by atoms with van der Waals surface area (Å²) in [5, 5.41) is 0.